The number of likely N-dealkylation sites (tertiary alicyclic amines) is 1. The number of hydrogen-bond acceptors (Lipinski definition) is 4. The zero-order valence-electron chi connectivity index (χ0n) is 13.9. The molecular formula is C17H22N2O4. The van der Waals surface area contributed by atoms with Crippen molar-refractivity contribution in [3.05, 3.63) is 29.8 Å². The molecule has 0 aliphatic carbocycles. The summed E-state index contributed by atoms with van der Waals surface area (Å²) in [6.45, 7) is 6.21. The number of carbonyl (C=O) groups is 3. The van der Waals surface area contributed by atoms with Gasteiger partial charge in [0.25, 0.3) is 0 Å². The fourth-order valence-corrected chi connectivity index (χ4v) is 2.65. The van der Waals surface area contributed by atoms with Crippen LogP contribution in [0.25, 0.3) is 0 Å². The van der Waals surface area contributed by atoms with Crippen LogP contribution < -0.4 is 5.32 Å². The Balaban J connectivity index is 2.12. The second-order valence-electron chi connectivity index (χ2n) is 6.60. The quantitative estimate of drug-likeness (QED) is 0.866. The second-order valence-corrected chi connectivity index (χ2v) is 6.60. The van der Waals surface area contributed by atoms with Crippen molar-refractivity contribution in [2.45, 2.75) is 32.7 Å². The maximum absolute atomic E-state index is 12.5. The molecule has 1 fully saturated rings. The van der Waals surface area contributed by atoms with Crippen LogP contribution >= 0.6 is 0 Å². The number of anilines is 1. The summed E-state index contributed by atoms with van der Waals surface area (Å²) in [5.74, 6) is -1.23. The molecule has 1 aliphatic heterocycles. The molecule has 0 saturated carbocycles. The predicted octanol–water partition coefficient (Wildman–Crippen LogP) is 2.06. The van der Waals surface area contributed by atoms with E-state index in [1.807, 2.05) is 20.8 Å². The van der Waals surface area contributed by atoms with Gasteiger partial charge in [-0.2, -0.15) is 0 Å². The number of para-hydroxylation sites is 1. The van der Waals surface area contributed by atoms with Crippen molar-refractivity contribution in [2.24, 2.45) is 5.92 Å². The highest BCUT2D eigenvalue weighted by Crippen LogP contribution is 2.27. The molecule has 0 radical (unpaired) electrons. The summed E-state index contributed by atoms with van der Waals surface area (Å²) in [7, 11) is 1.29. The van der Waals surface area contributed by atoms with Gasteiger partial charge in [0.2, 0.25) is 11.8 Å². The summed E-state index contributed by atoms with van der Waals surface area (Å²) < 4.78 is 4.71. The Bertz CT molecular complexity index is 634. The largest absolute Gasteiger partial charge is 0.465 e. The average Bonchev–Trinajstić information content (AvgIpc) is 2.89. The SMILES string of the molecule is COC(=O)c1ccccc1NC(=O)C1CC(=O)N(C(C)(C)C)C1. The molecule has 0 aromatic heterocycles. The van der Waals surface area contributed by atoms with Gasteiger partial charge in [-0.1, -0.05) is 12.1 Å². The minimum atomic E-state index is -0.514. The van der Waals surface area contributed by atoms with E-state index >= 15 is 0 Å². The first-order valence-electron chi connectivity index (χ1n) is 7.52. The van der Waals surface area contributed by atoms with E-state index in [4.69, 9.17) is 4.74 Å². The highest BCUT2D eigenvalue weighted by Gasteiger charge is 2.39. The van der Waals surface area contributed by atoms with E-state index in [-0.39, 0.29) is 23.8 Å². The van der Waals surface area contributed by atoms with E-state index in [2.05, 4.69) is 5.32 Å². The highest BCUT2D eigenvalue weighted by molar-refractivity contribution is 6.03. The first-order valence-corrected chi connectivity index (χ1v) is 7.52. The van der Waals surface area contributed by atoms with Crippen LogP contribution in [0.3, 0.4) is 0 Å². The number of amides is 2. The van der Waals surface area contributed by atoms with Gasteiger partial charge in [0.05, 0.1) is 24.3 Å². The first-order chi connectivity index (χ1) is 10.7. The van der Waals surface area contributed by atoms with Crippen molar-refractivity contribution in [2.75, 3.05) is 19.0 Å². The van der Waals surface area contributed by atoms with Gasteiger partial charge >= 0.3 is 5.97 Å². The van der Waals surface area contributed by atoms with Crippen LogP contribution in [0, 0.1) is 5.92 Å². The van der Waals surface area contributed by atoms with Gasteiger partial charge in [-0.3, -0.25) is 9.59 Å². The van der Waals surface area contributed by atoms with E-state index in [9.17, 15) is 14.4 Å². The molecule has 6 heteroatoms. The zero-order chi connectivity index (χ0) is 17.2. The zero-order valence-corrected chi connectivity index (χ0v) is 13.9. The number of hydrogen-bond donors (Lipinski definition) is 1. The number of nitrogens with one attached hydrogen (secondary N) is 1. The molecule has 1 N–H and O–H groups in total. The molecule has 6 nitrogen and oxygen atoms in total. The number of ether oxygens (including phenoxy) is 1. The summed E-state index contributed by atoms with van der Waals surface area (Å²) in [5, 5.41) is 2.74. The summed E-state index contributed by atoms with van der Waals surface area (Å²) in [6.07, 6.45) is 0.184. The molecule has 1 aliphatic rings. The lowest BCUT2D eigenvalue weighted by Gasteiger charge is -2.31. The van der Waals surface area contributed by atoms with Crippen molar-refractivity contribution in [3.63, 3.8) is 0 Å². The van der Waals surface area contributed by atoms with Gasteiger partial charge in [-0.15, -0.1) is 0 Å². The Kier molecular flexibility index (Phi) is 4.73. The summed E-state index contributed by atoms with van der Waals surface area (Å²) in [4.78, 5) is 38.0. The van der Waals surface area contributed by atoms with E-state index in [1.54, 1.807) is 29.2 Å². The Hall–Kier alpha value is -2.37. The van der Waals surface area contributed by atoms with Gasteiger partial charge in [0.1, 0.15) is 0 Å². The molecule has 1 aromatic carbocycles. The average molecular weight is 318 g/mol. The number of methoxy groups -OCH3 is 1. The molecule has 1 heterocycles. The van der Waals surface area contributed by atoms with Gasteiger partial charge in [-0.05, 0) is 32.9 Å². The van der Waals surface area contributed by atoms with Crippen LogP contribution in [0.5, 0.6) is 0 Å². The van der Waals surface area contributed by atoms with Crippen molar-refractivity contribution < 1.29 is 19.1 Å². The molecule has 0 spiro atoms. The molecule has 23 heavy (non-hydrogen) atoms. The third-order valence-electron chi connectivity index (χ3n) is 3.90. The lowest BCUT2D eigenvalue weighted by Crippen LogP contribution is -2.42. The monoisotopic (exact) mass is 318 g/mol. The fourth-order valence-electron chi connectivity index (χ4n) is 2.65. The molecule has 1 unspecified atom stereocenters. The molecule has 2 rings (SSSR count). The summed E-state index contributed by atoms with van der Waals surface area (Å²) in [5.41, 5.74) is 0.377. The summed E-state index contributed by atoms with van der Waals surface area (Å²) in [6, 6.07) is 6.65. The number of nitrogens with zero attached hydrogens (tertiary/aromatic N) is 1. The Morgan fingerprint density at radius 3 is 2.48 bits per heavy atom. The van der Waals surface area contributed by atoms with Gasteiger partial charge in [0, 0.05) is 18.5 Å². The topological polar surface area (TPSA) is 75.7 Å². The number of rotatable bonds is 3. The van der Waals surface area contributed by atoms with E-state index in [0.29, 0.717) is 17.8 Å². The third-order valence-corrected chi connectivity index (χ3v) is 3.90. The maximum atomic E-state index is 12.5. The van der Waals surface area contributed by atoms with Crippen LogP contribution in [-0.2, 0) is 14.3 Å². The molecule has 124 valence electrons. The number of esters is 1. The van der Waals surface area contributed by atoms with Gasteiger partial charge < -0.3 is 15.0 Å². The second kappa shape index (κ2) is 6.40. The van der Waals surface area contributed by atoms with Crippen molar-refractivity contribution in [1.29, 1.82) is 0 Å². The highest BCUT2D eigenvalue weighted by atomic mass is 16.5. The molecular weight excluding hydrogens is 296 g/mol. The number of carbonyl (C=O) groups excluding carboxylic acids is 3. The molecule has 2 amide bonds. The van der Waals surface area contributed by atoms with Crippen LogP contribution in [0.15, 0.2) is 24.3 Å². The minimum absolute atomic E-state index is 0.0288. The van der Waals surface area contributed by atoms with Crippen LogP contribution in [-0.4, -0.2) is 41.9 Å². The third kappa shape index (κ3) is 3.70. The fraction of sp³-hybridized carbons (Fsp3) is 0.471. The normalized spacial score (nSPS) is 18.0. The van der Waals surface area contributed by atoms with E-state index in [0.717, 1.165) is 0 Å². The van der Waals surface area contributed by atoms with E-state index < -0.39 is 11.9 Å². The van der Waals surface area contributed by atoms with Crippen LogP contribution in [0.1, 0.15) is 37.6 Å². The number of benzene rings is 1. The van der Waals surface area contributed by atoms with Crippen LogP contribution in [0.2, 0.25) is 0 Å². The first kappa shape index (κ1) is 17.0. The molecule has 1 aromatic rings. The van der Waals surface area contributed by atoms with Crippen LogP contribution in [0.4, 0.5) is 5.69 Å². The lowest BCUT2D eigenvalue weighted by molar-refractivity contribution is -0.131. The molecule has 1 saturated heterocycles. The van der Waals surface area contributed by atoms with Crippen molar-refractivity contribution in [3.8, 4) is 0 Å². The molecule has 0 bridgehead atoms. The van der Waals surface area contributed by atoms with Gasteiger partial charge in [-0.25, -0.2) is 4.79 Å². The Morgan fingerprint density at radius 1 is 1.26 bits per heavy atom. The predicted molar refractivity (Wildman–Crippen MR) is 86.0 cm³/mol. The molecule has 1 atom stereocenters. The minimum Gasteiger partial charge on any atom is -0.465 e. The smallest absolute Gasteiger partial charge is 0.339 e. The lowest BCUT2D eigenvalue weighted by atomic mass is 10.1. The Morgan fingerprint density at radius 2 is 1.91 bits per heavy atom. The summed E-state index contributed by atoms with van der Waals surface area (Å²) >= 11 is 0. The van der Waals surface area contributed by atoms with E-state index in [1.165, 1.54) is 7.11 Å². The maximum Gasteiger partial charge on any atom is 0.339 e. The van der Waals surface area contributed by atoms with Gasteiger partial charge in [0.15, 0.2) is 0 Å². The standard InChI is InChI=1S/C17H22N2O4/c1-17(2,3)19-10-11(9-14(19)20)15(21)18-13-8-6-5-7-12(13)16(22)23-4/h5-8,11H,9-10H2,1-4H3,(H,18,21). The van der Waals surface area contributed by atoms with Crippen molar-refractivity contribution >= 4 is 23.5 Å². The Labute approximate surface area is 135 Å². The van der Waals surface area contributed by atoms with Crippen molar-refractivity contribution in [1.82, 2.24) is 4.90 Å².